The van der Waals surface area contributed by atoms with Crippen LogP contribution in [0.1, 0.15) is 25.3 Å². The molecule has 1 aromatic carbocycles. The van der Waals surface area contributed by atoms with Crippen LogP contribution in [0.5, 0.6) is 5.75 Å². The number of fused-ring (bicyclic) bond motifs is 1. The maximum Gasteiger partial charge on any atom is 0.236 e. The fourth-order valence-corrected chi connectivity index (χ4v) is 3.54. The van der Waals surface area contributed by atoms with Crippen LogP contribution in [0.4, 0.5) is 5.69 Å². The number of ether oxygens (including phenoxy) is 1. The van der Waals surface area contributed by atoms with Crippen LogP contribution in [0.25, 0.3) is 0 Å². The number of carbonyl (C=O) groups is 1. The van der Waals surface area contributed by atoms with Crippen molar-refractivity contribution in [3.8, 4) is 5.75 Å². The average molecular weight is 314 g/mol. The van der Waals surface area contributed by atoms with Crippen molar-refractivity contribution in [3.63, 3.8) is 0 Å². The first-order valence-electron chi connectivity index (χ1n) is 6.76. The summed E-state index contributed by atoms with van der Waals surface area (Å²) < 4.78 is 4.32. The Hall–Kier alpha value is -0.930. The predicted octanol–water partition coefficient (Wildman–Crippen LogP) is 3.56. The highest BCUT2D eigenvalue weighted by molar-refractivity contribution is 6.53. The Morgan fingerprint density at radius 3 is 2.70 bits per heavy atom. The van der Waals surface area contributed by atoms with E-state index >= 15 is 0 Å². The molecule has 0 radical (unpaired) electrons. The van der Waals surface area contributed by atoms with Crippen LogP contribution in [0.3, 0.4) is 0 Å². The van der Waals surface area contributed by atoms with Crippen LogP contribution in [-0.4, -0.2) is 23.9 Å². The van der Waals surface area contributed by atoms with Crippen molar-refractivity contribution < 1.29 is 9.53 Å². The molecule has 2 aliphatic rings. The Kier molecular flexibility index (Phi) is 3.18. The van der Waals surface area contributed by atoms with Crippen molar-refractivity contribution in [1.82, 2.24) is 0 Å². The van der Waals surface area contributed by atoms with Crippen LogP contribution >= 0.6 is 23.2 Å². The molecule has 0 aromatic heterocycles. The lowest BCUT2D eigenvalue weighted by Gasteiger charge is -2.32. The minimum absolute atomic E-state index is 0.0219. The molecule has 1 aliphatic heterocycles. The van der Waals surface area contributed by atoms with Gasteiger partial charge < -0.3 is 9.64 Å². The van der Waals surface area contributed by atoms with E-state index in [1.54, 1.807) is 7.11 Å². The molecule has 1 aromatic rings. The van der Waals surface area contributed by atoms with Crippen molar-refractivity contribution in [1.29, 1.82) is 0 Å². The lowest BCUT2D eigenvalue weighted by atomic mass is 9.98. The van der Waals surface area contributed by atoms with E-state index in [0.717, 1.165) is 36.4 Å². The van der Waals surface area contributed by atoms with Gasteiger partial charge in [-0.2, -0.15) is 0 Å². The van der Waals surface area contributed by atoms with Crippen LogP contribution in [-0.2, 0) is 11.2 Å². The largest absolute Gasteiger partial charge is 0.497 e. The number of aryl methyl sites for hydroxylation is 1. The molecule has 1 fully saturated rings. The second-order valence-corrected chi connectivity index (χ2v) is 7.25. The van der Waals surface area contributed by atoms with Gasteiger partial charge in [0.1, 0.15) is 10.1 Å². The number of anilines is 1. The Morgan fingerprint density at radius 2 is 2.10 bits per heavy atom. The maximum absolute atomic E-state index is 12.7. The van der Waals surface area contributed by atoms with Gasteiger partial charge in [-0.1, -0.05) is 0 Å². The highest BCUT2D eigenvalue weighted by Crippen LogP contribution is 2.64. The van der Waals surface area contributed by atoms with Gasteiger partial charge in [0.25, 0.3) is 0 Å². The Labute approximate surface area is 128 Å². The molecule has 1 amide bonds. The summed E-state index contributed by atoms with van der Waals surface area (Å²) in [4.78, 5) is 14.6. The van der Waals surface area contributed by atoms with E-state index in [0.29, 0.717) is 6.42 Å². The van der Waals surface area contributed by atoms with Gasteiger partial charge in [-0.15, -0.1) is 23.2 Å². The number of methoxy groups -OCH3 is 1. The van der Waals surface area contributed by atoms with Gasteiger partial charge >= 0.3 is 0 Å². The molecule has 3 rings (SSSR count). The van der Waals surface area contributed by atoms with Crippen molar-refractivity contribution in [2.75, 3.05) is 18.6 Å². The van der Waals surface area contributed by atoms with Gasteiger partial charge in [0, 0.05) is 12.2 Å². The van der Waals surface area contributed by atoms with Crippen LogP contribution in [0.15, 0.2) is 18.2 Å². The topological polar surface area (TPSA) is 29.5 Å². The van der Waals surface area contributed by atoms with Gasteiger partial charge in [0.05, 0.1) is 12.5 Å². The summed E-state index contributed by atoms with van der Waals surface area (Å²) in [6.45, 7) is 2.56. The highest BCUT2D eigenvalue weighted by atomic mass is 35.5. The fraction of sp³-hybridized carbons (Fsp3) is 0.533. The number of alkyl halides is 2. The van der Waals surface area contributed by atoms with E-state index in [1.807, 2.05) is 30.0 Å². The van der Waals surface area contributed by atoms with Gasteiger partial charge in [-0.25, -0.2) is 0 Å². The summed E-state index contributed by atoms with van der Waals surface area (Å²) in [5.41, 5.74) is 1.44. The minimum atomic E-state index is -0.922. The number of benzene rings is 1. The van der Waals surface area contributed by atoms with Gasteiger partial charge in [-0.05, 0) is 49.9 Å². The number of amides is 1. The predicted molar refractivity (Wildman–Crippen MR) is 80.8 cm³/mol. The second-order valence-electron chi connectivity index (χ2n) is 5.77. The average Bonchev–Trinajstić information content (AvgIpc) is 2.96. The SMILES string of the molecule is COc1ccc2c(c1)CCCN2C(=O)C1(C)CC1(Cl)Cl. The van der Waals surface area contributed by atoms with E-state index in [9.17, 15) is 4.79 Å². The summed E-state index contributed by atoms with van der Waals surface area (Å²) in [6.07, 6.45) is 2.42. The van der Waals surface area contributed by atoms with E-state index in [-0.39, 0.29) is 5.91 Å². The summed E-state index contributed by atoms with van der Waals surface area (Å²) >= 11 is 12.3. The van der Waals surface area contributed by atoms with Crippen LogP contribution < -0.4 is 9.64 Å². The third-order valence-corrected chi connectivity index (χ3v) is 5.48. The quantitative estimate of drug-likeness (QED) is 0.781. The molecule has 1 saturated carbocycles. The van der Waals surface area contributed by atoms with Gasteiger partial charge in [0.15, 0.2) is 0 Å². The number of hydrogen-bond donors (Lipinski definition) is 0. The molecule has 1 aliphatic carbocycles. The zero-order chi connectivity index (χ0) is 14.5. The van der Waals surface area contributed by atoms with Crippen molar-refractivity contribution in [3.05, 3.63) is 23.8 Å². The molecule has 0 saturated heterocycles. The normalized spacial score (nSPS) is 26.9. The molecule has 20 heavy (non-hydrogen) atoms. The maximum atomic E-state index is 12.7. The van der Waals surface area contributed by atoms with Crippen LogP contribution in [0, 0.1) is 5.41 Å². The zero-order valence-corrected chi connectivity index (χ0v) is 13.1. The van der Waals surface area contributed by atoms with Crippen LogP contribution in [0.2, 0.25) is 0 Å². The summed E-state index contributed by atoms with van der Waals surface area (Å²) in [6, 6.07) is 5.83. The first-order chi connectivity index (χ1) is 9.39. The van der Waals surface area contributed by atoms with Gasteiger partial charge in [-0.3, -0.25) is 4.79 Å². The lowest BCUT2D eigenvalue weighted by molar-refractivity contribution is -0.123. The molecule has 108 valence electrons. The number of nitrogens with zero attached hydrogens (tertiary/aromatic N) is 1. The lowest BCUT2D eigenvalue weighted by Crippen LogP contribution is -2.41. The standard InChI is InChI=1S/C15H17Cl2NO2/c1-14(9-15(14,16)17)13(19)18-7-3-4-10-8-11(20-2)5-6-12(10)18/h5-6,8H,3-4,7,9H2,1-2H3. The Balaban J connectivity index is 1.93. The Morgan fingerprint density at radius 1 is 1.40 bits per heavy atom. The summed E-state index contributed by atoms with van der Waals surface area (Å²) in [5.74, 6) is 0.841. The molecule has 0 bridgehead atoms. The first kappa shape index (κ1) is 14.0. The van der Waals surface area contributed by atoms with Crippen molar-refractivity contribution in [2.24, 2.45) is 5.41 Å². The number of hydrogen-bond acceptors (Lipinski definition) is 2. The zero-order valence-electron chi connectivity index (χ0n) is 11.6. The molecule has 3 nitrogen and oxygen atoms in total. The molecular formula is C15H17Cl2NO2. The number of carbonyl (C=O) groups excluding carboxylic acids is 1. The van der Waals surface area contributed by atoms with E-state index in [1.165, 1.54) is 0 Å². The van der Waals surface area contributed by atoms with E-state index in [4.69, 9.17) is 27.9 Å². The Bertz CT molecular complexity index is 573. The molecular weight excluding hydrogens is 297 g/mol. The van der Waals surface area contributed by atoms with Crippen molar-refractivity contribution >= 4 is 34.8 Å². The summed E-state index contributed by atoms with van der Waals surface area (Å²) in [5, 5.41) is 0. The van der Waals surface area contributed by atoms with Crippen molar-refractivity contribution in [2.45, 2.75) is 30.5 Å². The van der Waals surface area contributed by atoms with Gasteiger partial charge in [0.2, 0.25) is 5.91 Å². The third kappa shape index (κ3) is 1.99. The monoisotopic (exact) mass is 313 g/mol. The van der Waals surface area contributed by atoms with E-state index in [2.05, 4.69) is 0 Å². The molecule has 0 spiro atoms. The number of halogens is 2. The fourth-order valence-electron chi connectivity index (χ4n) is 2.84. The molecule has 1 atom stereocenters. The summed E-state index contributed by atoms with van der Waals surface area (Å²) in [7, 11) is 1.65. The second kappa shape index (κ2) is 4.54. The van der Waals surface area contributed by atoms with E-state index < -0.39 is 9.75 Å². The highest BCUT2D eigenvalue weighted by Gasteiger charge is 2.69. The molecule has 0 N–H and O–H groups in total. The number of rotatable bonds is 2. The molecule has 1 heterocycles. The smallest absolute Gasteiger partial charge is 0.236 e. The molecule has 1 unspecified atom stereocenters. The third-order valence-electron chi connectivity index (χ3n) is 4.38. The molecule has 5 heteroatoms. The minimum Gasteiger partial charge on any atom is -0.497 e. The first-order valence-corrected chi connectivity index (χ1v) is 7.51.